The van der Waals surface area contributed by atoms with Gasteiger partial charge in [0.05, 0.1) is 5.69 Å². The van der Waals surface area contributed by atoms with Crippen LogP contribution in [0, 0.1) is 0 Å². The lowest BCUT2D eigenvalue weighted by Gasteiger charge is -2.10. The number of rotatable bonds is 3. The zero-order valence-corrected chi connectivity index (χ0v) is 9.96. The average molecular weight is 232 g/mol. The number of nitrogens with two attached hydrogens (primary N) is 1. The van der Waals surface area contributed by atoms with E-state index in [-0.39, 0.29) is 11.8 Å². The lowest BCUT2D eigenvalue weighted by Crippen LogP contribution is -2.06. The van der Waals surface area contributed by atoms with Crippen molar-refractivity contribution < 1.29 is 5.11 Å². The van der Waals surface area contributed by atoms with Crippen molar-refractivity contribution in [3.05, 3.63) is 30.0 Å². The van der Waals surface area contributed by atoms with E-state index in [0.717, 1.165) is 17.0 Å². The molecule has 0 unspecified atom stereocenters. The van der Waals surface area contributed by atoms with Crippen LogP contribution in [0.1, 0.15) is 25.6 Å². The molecular formula is C12H16N4O. The Hall–Kier alpha value is -1.88. The molecule has 5 heteroatoms. The van der Waals surface area contributed by atoms with Crippen molar-refractivity contribution >= 4 is 0 Å². The molecule has 0 radical (unpaired) electrons. The standard InChI is InChI=1S/C12H16N4O/c1-8(2)16-12(11(7-13)14-15-16)9-3-5-10(17)6-4-9/h3-6,8,17H,7,13H2,1-2H3. The molecule has 0 bridgehead atoms. The number of nitrogens with zero attached hydrogens (tertiary/aromatic N) is 3. The summed E-state index contributed by atoms with van der Waals surface area (Å²) in [5.41, 5.74) is 8.31. The van der Waals surface area contributed by atoms with E-state index >= 15 is 0 Å². The topological polar surface area (TPSA) is 77.0 Å². The number of hydrogen-bond donors (Lipinski definition) is 2. The number of benzene rings is 1. The fourth-order valence-electron chi connectivity index (χ4n) is 1.74. The van der Waals surface area contributed by atoms with E-state index in [0.29, 0.717) is 6.54 Å². The zero-order chi connectivity index (χ0) is 12.4. The second-order valence-corrected chi connectivity index (χ2v) is 4.17. The summed E-state index contributed by atoms with van der Waals surface area (Å²) in [5, 5.41) is 17.5. The van der Waals surface area contributed by atoms with Crippen molar-refractivity contribution in [1.82, 2.24) is 15.0 Å². The fraction of sp³-hybridized carbons (Fsp3) is 0.333. The molecule has 17 heavy (non-hydrogen) atoms. The van der Waals surface area contributed by atoms with E-state index in [2.05, 4.69) is 10.3 Å². The summed E-state index contributed by atoms with van der Waals surface area (Å²) in [6, 6.07) is 7.19. The first-order valence-corrected chi connectivity index (χ1v) is 5.57. The SMILES string of the molecule is CC(C)n1nnc(CN)c1-c1ccc(O)cc1. The Morgan fingerprint density at radius 1 is 1.29 bits per heavy atom. The lowest BCUT2D eigenvalue weighted by molar-refractivity contribution is 0.475. The third-order valence-corrected chi connectivity index (χ3v) is 2.59. The summed E-state index contributed by atoms with van der Waals surface area (Å²) >= 11 is 0. The van der Waals surface area contributed by atoms with E-state index in [1.807, 2.05) is 30.7 Å². The van der Waals surface area contributed by atoms with Crippen LogP contribution in [0.15, 0.2) is 24.3 Å². The molecule has 0 saturated carbocycles. The number of phenolic OH excluding ortho intramolecular Hbond substituents is 1. The van der Waals surface area contributed by atoms with Gasteiger partial charge >= 0.3 is 0 Å². The smallest absolute Gasteiger partial charge is 0.115 e. The van der Waals surface area contributed by atoms with Crippen LogP contribution < -0.4 is 5.73 Å². The molecule has 1 aromatic heterocycles. The molecule has 0 aliphatic carbocycles. The fourth-order valence-corrected chi connectivity index (χ4v) is 1.74. The van der Waals surface area contributed by atoms with E-state index in [9.17, 15) is 5.11 Å². The van der Waals surface area contributed by atoms with Crippen LogP contribution in [0.3, 0.4) is 0 Å². The zero-order valence-electron chi connectivity index (χ0n) is 9.96. The van der Waals surface area contributed by atoms with Crippen LogP contribution in [0.4, 0.5) is 0 Å². The summed E-state index contributed by atoms with van der Waals surface area (Å²) < 4.78 is 1.84. The average Bonchev–Trinajstić information content (AvgIpc) is 2.73. The maximum atomic E-state index is 9.30. The van der Waals surface area contributed by atoms with Gasteiger partial charge in [0.25, 0.3) is 0 Å². The van der Waals surface area contributed by atoms with Crippen LogP contribution in [-0.2, 0) is 6.54 Å². The highest BCUT2D eigenvalue weighted by Gasteiger charge is 2.15. The highest BCUT2D eigenvalue weighted by Crippen LogP contribution is 2.26. The molecule has 5 nitrogen and oxygen atoms in total. The molecule has 3 N–H and O–H groups in total. The van der Waals surface area contributed by atoms with Gasteiger partial charge in [-0.1, -0.05) is 5.21 Å². The Morgan fingerprint density at radius 3 is 2.47 bits per heavy atom. The third-order valence-electron chi connectivity index (χ3n) is 2.59. The molecule has 2 rings (SSSR count). The van der Waals surface area contributed by atoms with E-state index in [1.54, 1.807) is 12.1 Å². The van der Waals surface area contributed by atoms with E-state index in [1.165, 1.54) is 0 Å². The first-order chi connectivity index (χ1) is 8.13. The summed E-state index contributed by atoms with van der Waals surface area (Å²) in [6.07, 6.45) is 0. The molecule has 0 atom stereocenters. The highest BCUT2D eigenvalue weighted by atomic mass is 16.3. The summed E-state index contributed by atoms with van der Waals surface area (Å²) in [6.45, 7) is 4.43. The van der Waals surface area contributed by atoms with Crippen molar-refractivity contribution in [2.75, 3.05) is 0 Å². The molecule has 0 aliphatic heterocycles. The van der Waals surface area contributed by atoms with Crippen molar-refractivity contribution in [2.24, 2.45) is 5.73 Å². The predicted molar refractivity (Wildman–Crippen MR) is 65.4 cm³/mol. The van der Waals surface area contributed by atoms with Gasteiger partial charge < -0.3 is 10.8 Å². The Morgan fingerprint density at radius 2 is 1.94 bits per heavy atom. The second-order valence-electron chi connectivity index (χ2n) is 4.17. The Labute approximate surface area is 99.9 Å². The van der Waals surface area contributed by atoms with Crippen molar-refractivity contribution in [3.8, 4) is 17.0 Å². The normalized spacial score (nSPS) is 11.1. The van der Waals surface area contributed by atoms with Gasteiger partial charge in [-0.25, -0.2) is 4.68 Å². The molecule has 90 valence electrons. The van der Waals surface area contributed by atoms with Gasteiger partial charge in [-0.15, -0.1) is 5.10 Å². The van der Waals surface area contributed by atoms with Gasteiger partial charge in [-0.3, -0.25) is 0 Å². The largest absolute Gasteiger partial charge is 0.508 e. The monoisotopic (exact) mass is 232 g/mol. The maximum Gasteiger partial charge on any atom is 0.115 e. The molecule has 0 fully saturated rings. The summed E-state index contributed by atoms with van der Waals surface area (Å²) in [5.74, 6) is 0.242. The minimum absolute atomic E-state index is 0.214. The first-order valence-electron chi connectivity index (χ1n) is 5.57. The quantitative estimate of drug-likeness (QED) is 0.844. The second kappa shape index (κ2) is 4.55. The Kier molecular flexibility index (Phi) is 3.10. The molecule has 2 aromatic rings. The maximum absolute atomic E-state index is 9.30. The first kappa shape index (κ1) is 11.6. The molecular weight excluding hydrogens is 216 g/mol. The molecule has 0 aliphatic rings. The van der Waals surface area contributed by atoms with E-state index in [4.69, 9.17) is 5.73 Å². The van der Waals surface area contributed by atoms with Crippen LogP contribution >= 0.6 is 0 Å². The van der Waals surface area contributed by atoms with Gasteiger partial charge in [0.2, 0.25) is 0 Å². The minimum Gasteiger partial charge on any atom is -0.508 e. The third kappa shape index (κ3) is 2.14. The minimum atomic E-state index is 0.214. The molecule has 1 heterocycles. The van der Waals surface area contributed by atoms with Gasteiger partial charge in [-0.2, -0.15) is 0 Å². The predicted octanol–water partition coefficient (Wildman–Crippen LogP) is 1.69. The van der Waals surface area contributed by atoms with Crippen molar-refractivity contribution in [2.45, 2.75) is 26.4 Å². The summed E-state index contributed by atoms with van der Waals surface area (Å²) in [4.78, 5) is 0. The van der Waals surface area contributed by atoms with Crippen molar-refractivity contribution in [1.29, 1.82) is 0 Å². The Bertz CT molecular complexity index is 502. The van der Waals surface area contributed by atoms with Gasteiger partial charge in [0.1, 0.15) is 11.4 Å². The van der Waals surface area contributed by atoms with Crippen LogP contribution in [-0.4, -0.2) is 20.1 Å². The number of phenols is 1. The van der Waals surface area contributed by atoms with Crippen LogP contribution in [0.5, 0.6) is 5.75 Å². The molecule has 0 spiro atoms. The number of aromatic hydroxyl groups is 1. The number of aromatic nitrogens is 3. The lowest BCUT2D eigenvalue weighted by atomic mass is 10.1. The highest BCUT2D eigenvalue weighted by molar-refractivity contribution is 5.62. The van der Waals surface area contributed by atoms with Crippen molar-refractivity contribution in [3.63, 3.8) is 0 Å². The summed E-state index contributed by atoms with van der Waals surface area (Å²) in [7, 11) is 0. The Balaban J connectivity index is 2.55. The number of hydrogen-bond acceptors (Lipinski definition) is 4. The molecule has 1 aromatic carbocycles. The van der Waals surface area contributed by atoms with E-state index < -0.39 is 0 Å². The van der Waals surface area contributed by atoms with Gasteiger partial charge in [0.15, 0.2) is 0 Å². The van der Waals surface area contributed by atoms with Gasteiger partial charge in [-0.05, 0) is 38.1 Å². The van der Waals surface area contributed by atoms with Crippen LogP contribution in [0.25, 0.3) is 11.3 Å². The van der Waals surface area contributed by atoms with Gasteiger partial charge in [0, 0.05) is 18.2 Å². The molecule has 0 saturated heterocycles. The van der Waals surface area contributed by atoms with Crippen LogP contribution in [0.2, 0.25) is 0 Å². The molecule has 0 amide bonds.